The van der Waals surface area contributed by atoms with Gasteiger partial charge in [-0.25, -0.2) is 4.99 Å². The van der Waals surface area contributed by atoms with Gasteiger partial charge >= 0.3 is 6.61 Å². The number of hydrogen-bond donors (Lipinski definition) is 2. The van der Waals surface area contributed by atoms with Gasteiger partial charge in [-0.3, -0.25) is 0 Å². The molecule has 2 N–H and O–H groups in total. The summed E-state index contributed by atoms with van der Waals surface area (Å²) in [5, 5.41) is 13.1. The van der Waals surface area contributed by atoms with Crippen molar-refractivity contribution in [3.63, 3.8) is 0 Å². The van der Waals surface area contributed by atoms with Crippen molar-refractivity contribution < 1.29 is 18.6 Å². The normalized spacial score (nSPS) is 21.9. The van der Waals surface area contributed by atoms with Gasteiger partial charge in [0.1, 0.15) is 5.84 Å². The quantitative estimate of drug-likeness (QED) is 0.831. The van der Waals surface area contributed by atoms with Gasteiger partial charge in [-0.05, 0) is 43.4 Å². The first kappa shape index (κ1) is 18.5. The molecule has 1 aromatic rings. The van der Waals surface area contributed by atoms with E-state index in [1.165, 1.54) is 12.1 Å². The highest BCUT2D eigenvalue weighted by Crippen LogP contribution is 2.32. The highest BCUT2D eigenvalue weighted by Gasteiger charge is 2.22. The van der Waals surface area contributed by atoms with Crippen LogP contribution >= 0.6 is 0 Å². The van der Waals surface area contributed by atoms with Gasteiger partial charge in [0.15, 0.2) is 11.5 Å². The smallest absolute Gasteiger partial charge is 0.387 e. The minimum Gasteiger partial charge on any atom is -0.504 e. The van der Waals surface area contributed by atoms with Crippen molar-refractivity contribution in [2.45, 2.75) is 19.6 Å². The van der Waals surface area contributed by atoms with E-state index in [-0.39, 0.29) is 11.5 Å². The van der Waals surface area contributed by atoms with Crippen LogP contribution in [0.5, 0.6) is 11.5 Å². The molecule has 0 saturated carbocycles. The standard InChI is InChI=1S/C20H22F2N4O2/c1-13-11-25(9-7-23-13)15-3-5-19-24-16(6-8-26(19)12-15)14-2-4-17(27)18(10-14)28-20(21)22/h2-6,10,12-13,20,23,27H,7-9,11H2,1H3/t13-/m0/s1. The zero-order valence-electron chi connectivity index (χ0n) is 15.5. The van der Waals surface area contributed by atoms with Crippen LogP contribution in [0.25, 0.3) is 5.70 Å². The molecule has 3 aliphatic rings. The predicted octanol–water partition coefficient (Wildman–Crippen LogP) is 2.75. The number of aliphatic imine (C=N–C) groups is 1. The molecule has 1 saturated heterocycles. The van der Waals surface area contributed by atoms with Crippen LogP contribution in [0.15, 0.2) is 53.3 Å². The van der Waals surface area contributed by atoms with Crippen molar-refractivity contribution in [2.24, 2.45) is 4.99 Å². The van der Waals surface area contributed by atoms with Gasteiger partial charge in [-0.2, -0.15) is 8.78 Å². The van der Waals surface area contributed by atoms with Crippen LogP contribution in [0.1, 0.15) is 12.5 Å². The third-order valence-corrected chi connectivity index (χ3v) is 4.91. The molecule has 0 radical (unpaired) electrons. The van der Waals surface area contributed by atoms with Gasteiger partial charge in [0, 0.05) is 44.0 Å². The van der Waals surface area contributed by atoms with Crippen molar-refractivity contribution in [1.29, 1.82) is 0 Å². The Balaban J connectivity index is 1.52. The van der Waals surface area contributed by atoms with Crippen molar-refractivity contribution in [3.8, 4) is 11.5 Å². The molecule has 4 rings (SSSR count). The van der Waals surface area contributed by atoms with Gasteiger partial charge < -0.3 is 25.0 Å². The van der Waals surface area contributed by atoms with Crippen LogP contribution in [0.2, 0.25) is 0 Å². The molecule has 148 valence electrons. The predicted molar refractivity (Wildman–Crippen MR) is 103 cm³/mol. The second kappa shape index (κ2) is 7.63. The van der Waals surface area contributed by atoms with Crippen LogP contribution in [0.3, 0.4) is 0 Å². The fourth-order valence-corrected chi connectivity index (χ4v) is 3.53. The molecule has 8 heteroatoms. The van der Waals surface area contributed by atoms with E-state index in [1.807, 2.05) is 12.2 Å². The number of alkyl halides is 2. The Bertz CT molecular complexity index is 879. The lowest BCUT2D eigenvalue weighted by Crippen LogP contribution is -2.49. The molecule has 0 unspecified atom stereocenters. The Kier molecular flexibility index (Phi) is 5.04. The van der Waals surface area contributed by atoms with Crippen LogP contribution in [0.4, 0.5) is 8.78 Å². The first-order valence-electron chi connectivity index (χ1n) is 9.21. The van der Waals surface area contributed by atoms with Gasteiger partial charge in [0.25, 0.3) is 0 Å². The molecule has 6 nitrogen and oxygen atoms in total. The first-order valence-corrected chi connectivity index (χ1v) is 9.21. The monoisotopic (exact) mass is 388 g/mol. The number of benzene rings is 1. The molecule has 0 aliphatic carbocycles. The number of amidine groups is 1. The molecule has 1 aromatic carbocycles. The van der Waals surface area contributed by atoms with Crippen LogP contribution in [-0.2, 0) is 0 Å². The Labute approximate surface area is 162 Å². The fourth-order valence-electron chi connectivity index (χ4n) is 3.53. The maximum atomic E-state index is 12.5. The summed E-state index contributed by atoms with van der Waals surface area (Å²) in [4.78, 5) is 9.04. The van der Waals surface area contributed by atoms with Crippen molar-refractivity contribution >= 4 is 11.5 Å². The van der Waals surface area contributed by atoms with Crippen LogP contribution in [-0.4, -0.2) is 59.6 Å². The number of piperazine rings is 1. The summed E-state index contributed by atoms with van der Waals surface area (Å²) >= 11 is 0. The summed E-state index contributed by atoms with van der Waals surface area (Å²) in [7, 11) is 0. The van der Waals surface area contributed by atoms with E-state index in [0.29, 0.717) is 23.8 Å². The molecular weight excluding hydrogens is 366 g/mol. The average molecular weight is 388 g/mol. The zero-order chi connectivity index (χ0) is 19.7. The first-order chi connectivity index (χ1) is 13.5. The highest BCUT2D eigenvalue weighted by atomic mass is 19.3. The van der Waals surface area contributed by atoms with E-state index in [0.717, 1.165) is 31.2 Å². The van der Waals surface area contributed by atoms with Crippen molar-refractivity contribution in [1.82, 2.24) is 15.1 Å². The lowest BCUT2D eigenvalue weighted by Gasteiger charge is -2.37. The number of ether oxygens (including phenoxy) is 1. The summed E-state index contributed by atoms with van der Waals surface area (Å²) in [6.45, 7) is 2.67. The summed E-state index contributed by atoms with van der Waals surface area (Å²) in [6, 6.07) is 4.80. The third-order valence-electron chi connectivity index (χ3n) is 4.91. The van der Waals surface area contributed by atoms with E-state index >= 15 is 0 Å². The maximum Gasteiger partial charge on any atom is 0.387 e. The van der Waals surface area contributed by atoms with Gasteiger partial charge in [0.05, 0.1) is 11.4 Å². The van der Waals surface area contributed by atoms with E-state index < -0.39 is 6.61 Å². The van der Waals surface area contributed by atoms with Crippen LogP contribution < -0.4 is 10.1 Å². The highest BCUT2D eigenvalue weighted by molar-refractivity contribution is 6.00. The number of aromatic hydroxyl groups is 1. The SMILES string of the molecule is C[C@H]1CN(C2=CN3CC=C(c4ccc(O)c(OC(F)F)c4)N=C3C=C2)CCN1. The average Bonchev–Trinajstić information content (AvgIpc) is 2.68. The minimum absolute atomic E-state index is 0.259. The molecule has 3 aliphatic heterocycles. The number of phenols is 1. The topological polar surface area (TPSA) is 60.3 Å². The Morgan fingerprint density at radius 2 is 2.18 bits per heavy atom. The van der Waals surface area contributed by atoms with Gasteiger partial charge in [-0.15, -0.1) is 0 Å². The number of rotatable bonds is 4. The molecule has 28 heavy (non-hydrogen) atoms. The third kappa shape index (κ3) is 3.87. The number of fused-ring (bicyclic) bond motifs is 1. The Hall–Kier alpha value is -2.87. The van der Waals surface area contributed by atoms with Gasteiger partial charge in [0.2, 0.25) is 0 Å². The fraction of sp³-hybridized carbons (Fsp3) is 0.350. The summed E-state index contributed by atoms with van der Waals surface area (Å²) < 4.78 is 29.4. The lowest BCUT2D eigenvalue weighted by molar-refractivity contribution is -0.0512. The summed E-state index contributed by atoms with van der Waals surface area (Å²) in [6.07, 6.45) is 8.03. The van der Waals surface area contributed by atoms with Gasteiger partial charge in [-0.1, -0.05) is 0 Å². The number of phenolic OH excluding ortho intramolecular Hbond substituents is 1. The molecule has 1 atom stereocenters. The van der Waals surface area contributed by atoms with E-state index in [2.05, 4.69) is 44.0 Å². The van der Waals surface area contributed by atoms with E-state index in [4.69, 9.17) is 0 Å². The largest absolute Gasteiger partial charge is 0.504 e. The summed E-state index contributed by atoms with van der Waals surface area (Å²) in [5.41, 5.74) is 2.42. The molecule has 3 heterocycles. The maximum absolute atomic E-state index is 12.5. The Morgan fingerprint density at radius 3 is 2.96 bits per heavy atom. The Morgan fingerprint density at radius 1 is 1.32 bits per heavy atom. The molecule has 0 spiro atoms. The second-order valence-corrected chi connectivity index (χ2v) is 6.96. The molecule has 1 fully saturated rings. The number of nitrogens with one attached hydrogen (secondary N) is 1. The second-order valence-electron chi connectivity index (χ2n) is 6.96. The molecular formula is C20H22F2N4O2. The lowest BCUT2D eigenvalue weighted by atomic mass is 10.1. The van der Waals surface area contributed by atoms with Crippen molar-refractivity contribution in [3.05, 3.63) is 53.9 Å². The molecule has 0 aromatic heterocycles. The number of halogens is 2. The van der Waals surface area contributed by atoms with E-state index in [9.17, 15) is 13.9 Å². The van der Waals surface area contributed by atoms with Crippen LogP contribution in [0, 0.1) is 0 Å². The molecule has 0 amide bonds. The van der Waals surface area contributed by atoms with E-state index in [1.54, 1.807) is 6.07 Å². The summed E-state index contributed by atoms with van der Waals surface area (Å²) in [5.74, 6) is 0.198. The molecule has 0 bridgehead atoms. The van der Waals surface area contributed by atoms with Crippen molar-refractivity contribution in [2.75, 3.05) is 26.2 Å². The number of hydrogen-bond acceptors (Lipinski definition) is 6. The zero-order valence-corrected chi connectivity index (χ0v) is 15.5. The minimum atomic E-state index is -3.00. The number of allylic oxidation sites excluding steroid dienone is 1. The number of nitrogens with zero attached hydrogens (tertiary/aromatic N) is 3.